The van der Waals surface area contributed by atoms with E-state index in [9.17, 15) is 5.11 Å². The summed E-state index contributed by atoms with van der Waals surface area (Å²) in [5.41, 5.74) is 3.09. The highest BCUT2D eigenvalue weighted by molar-refractivity contribution is 5.55. The molecule has 2 heteroatoms. The van der Waals surface area contributed by atoms with Crippen LogP contribution in [0.15, 0.2) is 6.07 Å². The summed E-state index contributed by atoms with van der Waals surface area (Å²) in [6.45, 7) is 10.4. The van der Waals surface area contributed by atoms with Gasteiger partial charge in [-0.15, -0.1) is 0 Å². The highest BCUT2D eigenvalue weighted by Crippen LogP contribution is 2.46. The molecule has 0 saturated carbocycles. The van der Waals surface area contributed by atoms with E-state index in [1.54, 1.807) is 0 Å². The number of hydrogen-bond donors (Lipinski definition) is 1. The molecule has 0 bridgehead atoms. The van der Waals surface area contributed by atoms with Crippen LogP contribution in [0.1, 0.15) is 43.9 Å². The van der Waals surface area contributed by atoms with Crippen LogP contribution in [0, 0.1) is 13.8 Å². The van der Waals surface area contributed by atoms with Crippen molar-refractivity contribution in [3.63, 3.8) is 0 Å². The van der Waals surface area contributed by atoms with Crippen molar-refractivity contribution >= 4 is 0 Å². The van der Waals surface area contributed by atoms with Crippen molar-refractivity contribution in [2.75, 3.05) is 0 Å². The Bertz CT molecular complexity index is 433. The van der Waals surface area contributed by atoms with Gasteiger partial charge in [-0.25, -0.2) is 0 Å². The number of aromatic hydroxyl groups is 1. The van der Waals surface area contributed by atoms with E-state index in [2.05, 4.69) is 20.8 Å². The van der Waals surface area contributed by atoms with Gasteiger partial charge < -0.3 is 9.84 Å². The summed E-state index contributed by atoms with van der Waals surface area (Å²) < 4.78 is 5.87. The van der Waals surface area contributed by atoms with Crippen molar-refractivity contribution in [1.29, 1.82) is 0 Å². The summed E-state index contributed by atoms with van der Waals surface area (Å²) in [7, 11) is 0. The maximum absolute atomic E-state index is 10.0. The van der Waals surface area contributed by atoms with Crippen LogP contribution in [-0.4, -0.2) is 11.2 Å². The molecule has 1 aliphatic heterocycles. The Morgan fingerprint density at radius 1 is 1.38 bits per heavy atom. The lowest BCUT2D eigenvalue weighted by Crippen LogP contribution is -2.33. The van der Waals surface area contributed by atoms with Crippen molar-refractivity contribution in [2.24, 2.45) is 0 Å². The second kappa shape index (κ2) is 3.41. The zero-order valence-electron chi connectivity index (χ0n) is 10.7. The minimum atomic E-state index is 0.0717. The molecule has 1 N–H and O–H groups in total. The molecule has 88 valence electrons. The molecule has 2 rings (SSSR count). The van der Waals surface area contributed by atoms with Crippen molar-refractivity contribution in [1.82, 2.24) is 0 Å². The minimum absolute atomic E-state index is 0.0717. The number of ether oxygens (including phenoxy) is 1. The van der Waals surface area contributed by atoms with Gasteiger partial charge in [0.2, 0.25) is 0 Å². The fourth-order valence-corrected chi connectivity index (χ4v) is 2.95. The van der Waals surface area contributed by atoms with Crippen molar-refractivity contribution in [2.45, 2.75) is 52.6 Å². The summed E-state index contributed by atoms with van der Waals surface area (Å²) in [6.07, 6.45) is 1.23. The smallest absolute Gasteiger partial charge is 0.124 e. The van der Waals surface area contributed by atoms with Crippen molar-refractivity contribution < 1.29 is 9.84 Å². The summed E-state index contributed by atoms with van der Waals surface area (Å²) >= 11 is 0. The van der Waals surface area contributed by atoms with Crippen LogP contribution in [-0.2, 0) is 5.41 Å². The predicted molar refractivity (Wildman–Crippen MR) is 65.3 cm³/mol. The molecule has 0 radical (unpaired) electrons. The normalized spacial score (nSPS) is 22.4. The third kappa shape index (κ3) is 1.57. The third-order valence-corrected chi connectivity index (χ3v) is 3.50. The molecule has 0 amide bonds. The van der Waals surface area contributed by atoms with Gasteiger partial charge in [0.15, 0.2) is 0 Å². The number of fused-ring (bicyclic) bond motifs is 1. The molecule has 2 nitrogen and oxygen atoms in total. The van der Waals surface area contributed by atoms with Gasteiger partial charge in [-0.1, -0.05) is 13.8 Å². The average molecular weight is 220 g/mol. The molecular formula is C14H20O2. The number of rotatable bonds is 0. The summed E-state index contributed by atoms with van der Waals surface area (Å²) in [5.74, 6) is 1.35. The highest BCUT2D eigenvalue weighted by atomic mass is 16.5. The quantitative estimate of drug-likeness (QED) is 0.725. The number of aryl methyl sites for hydroxylation is 1. The molecule has 0 aliphatic carbocycles. The van der Waals surface area contributed by atoms with Crippen LogP contribution >= 0.6 is 0 Å². The third-order valence-electron chi connectivity index (χ3n) is 3.50. The standard InChI is InChI=1S/C14H20O2/c1-8-6-11-12(10(3)13(8)15)14(4,5)7-9(2)16-11/h6,9,15H,7H2,1-5H3. The van der Waals surface area contributed by atoms with E-state index in [4.69, 9.17) is 4.74 Å². The fourth-order valence-electron chi connectivity index (χ4n) is 2.95. The molecule has 0 fully saturated rings. The fraction of sp³-hybridized carbons (Fsp3) is 0.571. The number of hydrogen-bond acceptors (Lipinski definition) is 2. The van der Waals surface area contributed by atoms with Gasteiger partial charge in [0.05, 0.1) is 6.10 Å². The first kappa shape index (κ1) is 11.3. The molecule has 1 atom stereocenters. The van der Waals surface area contributed by atoms with Crippen LogP contribution in [0.4, 0.5) is 0 Å². The zero-order chi connectivity index (χ0) is 12.1. The van der Waals surface area contributed by atoms with Crippen LogP contribution in [0.3, 0.4) is 0 Å². The lowest BCUT2D eigenvalue weighted by molar-refractivity contribution is 0.149. The molecule has 1 unspecified atom stereocenters. The Kier molecular flexibility index (Phi) is 2.41. The van der Waals surface area contributed by atoms with Gasteiger partial charge in [-0.2, -0.15) is 0 Å². The average Bonchev–Trinajstić information content (AvgIpc) is 2.11. The molecule has 1 aromatic carbocycles. The van der Waals surface area contributed by atoms with Crippen LogP contribution in [0.25, 0.3) is 0 Å². The van der Waals surface area contributed by atoms with Crippen LogP contribution in [0.5, 0.6) is 11.5 Å². The van der Waals surface area contributed by atoms with Crippen LogP contribution in [0.2, 0.25) is 0 Å². The van der Waals surface area contributed by atoms with E-state index in [-0.39, 0.29) is 11.5 Å². The lowest BCUT2D eigenvalue weighted by Gasteiger charge is -2.38. The van der Waals surface area contributed by atoms with E-state index >= 15 is 0 Å². The Morgan fingerprint density at radius 2 is 2.00 bits per heavy atom. The monoisotopic (exact) mass is 220 g/mol. The first-order valence-electron chi connectivity index (χ1n) is 5.83. The topological polar surface area (TPSA) is 29.5 Å². The second-order valence-electron chi connectivity index (χ2n) is 5.56. The Labute approximate surface area is 97.3 Å². The molecule has 1 aliphatic rings. The molecule has 0 aromatic heterocycles. The Hall–Kier alpha value is -1.18. The molecule has 1 heterocycles. The van der Waals surface area contributed by atoms with E-state index in [1.165, 1.54) is 0 Å². The minimum Gasteiger partial charge on any atom is -0.507 e. The van der Waals surface area contributed by atoms with E-state index in [0.29, 0.717) is 5.75 Å². The molecule has 0 spiro atoms. The first-order valence-corrected chi connectivity index (χ1v) is 5.83. The zero-order valence-corrected chi connectivity index (χ0v) is 10.7. The molecule has 0 saturated heterocycles. The van der Waals surface area contributed by atoms with Gasteiger partial charge in [0.1, 0.15) is 11.5 Å². The van der Waals surface area contributed by atoms with Crippen molar-refractivity contribution in [3.05, 3.63) is 22.8 Å². The molecule has 1 aromatic rings. The maximum Gasteiger partial charge on any atom is 0.124 e. The molecule has 16 heavy (non-hydrogen) atoms. The summed E-state index contributed by atoms with van der Waals surface area (Å²) in [6, 6.07) is 1.95. The highest BCUT2D eigenvalue weighted by Gasteiger charge is 2.35. The van der Waals surface area contributed by atoms with Crippen molar-refractivity contribution in [3.8, 4) is 11.5 Å². The number of phenols is 1. The van der Waals surface area contributed by atoms with Gasteiger partial charge in [0, 0.05) is 5.56 Å². The second-order valence-corrected chi connectivity index (χ2v) is 5.56. The Morgan fingerprint density at radius 3 is 2.62 bits per heavy atom. The van der Waals surface area contributed by atoms with Gasteiger partial charge in [-0.05, 0) is 49.8 Å². The SMILES string of the molecule is Cc1cc2c(c(C)c1O)C(C)(C)CC(C)O2. The van der Waals surface area contributed by atoms with Gasteiger partial charge >= 0.3 is 0 Å². The van der Waals surface area contributed by atoms with Gasteiger partial charge in [-0.3, -0.25) is 0 Å². The number of phenolic OH excluding ortho intramolecular Hbond substituents is 1. The molecular weight excluding hydrogens is 200 g/mol. The van der Waals surface area contributed by atoms with Crippen LogP contribution < -0.4 is 4.74 Å². The summed E-state index contributed by atoms with van der Waals surface area (Å²) in [5, 5.41) is 10.0. The van der Waals surface area contributed by atoms with Gasteiger partial charge in [0.25, 0.3) is 0 Å². The van der Waals surface area contributed by atoms with E-state index in [0.717, 1.165) is 28.9 Å². The number of benzene rings is 1. The lowest BCUT2D eigenvalue weighted by atomic mass is 9.75. The van der Waals surface area contributed by atoms with E-state index in [1.807, 2.05) is 19.9 Å². The van der Waals surface area contributed by atoms with E-state index < -0.39 is 0 Å². The maximum atomic E-state index is 10.0. The largest absolute Gasteiger partial charge is 0.507 e. The predicted octanol–water partition coefficient (Wildman–Crippen LogP) is 3.46. The first-order chi connectivity index (χ1) is 7.33. The summed E-state index contributed by atoms with van der Waals surface area (Å²) in [4.78, 5) is 0. The Balaban J connectivity index is 2.69.